The average Bonchev–Trinajstić information content (AvgIpc) is 2.75. The van der Waals surface area contributed by atoms with E-state index in [2.05, 4.69) is 46.3 Å². The fourth-order valence-electron chi connectivity index (χ4n) is 3.80. The summed E-state index contributed by atoms with van der Waals surface area (Å²) < 4.78 is 6.01. The number of carbonyl (C=O) groups excluding carboxylic acids is 2. The number of aryl methyl sites for hydroxylation is 2. The molecule has 0 fully saturated rings. The molecule has 0 aliphatic heterocycles. The molecule has 2 rings (SSSR count). The summed E-state index contributed by atoms with van der Waals surface area (Å²) in [4.78, 5) is 25.4. The van der Waals surface area contributed by atoms with Gasteiger partial charge in [0, 0.05) is 0 Å². The van der Waals surface area contributed by atoms with Gasteiger partial charge in [-0.2, -0.15) is 0 Å². The number of benzene rings is 2. The molecule has 2 amide bonds. The Kier molecular flexibility index (Phi) is 15.6. The summed E-state index contributed by atoms with van der Waals surface area (Å²) in [5.74, 6) is -0.172. The molecular weight excluding hydrogens is 623 g/mol. The van der Waals surface area contributed by atoms with Crippen LogP contribution >= 0.6 is 0 Å². The zero-order valence-electron chi connectivity index (χ0n) is 20.6. The van der Waals surface area contributed by atoms with Gasteiger partial charge in [-0.15, -0.1) is 0 Å². The van der Waals surface area contributed by atoms with Crippen LogP contribution in [0.4, 0.5) is 0 Å². The molecule has 0 aliphatic rings. The quantitative estimate of drug-likeness (QED) is 0.368. The molecule has 0 heterocycles. The van der Waals surface area contributed by atoms with E-state index in [-0.39, 0.29) is 45.8 Å². The zero-order chi connectivity index (χ0) is 23.0. The number of unbranched alkanes of at least 4 members (excludes halogenated alkanes) is 2. The van der Waals surface area contributed by atoms with Crippen molar-refractivity contribution in [3.63, 3.8) is 0 Å². The SMILES string of the molecule is CCCCc1ccc(C(=O)[NH][Zr+2][NH]C(=O)c2ccc(CCCC)c(C)c2C)c(C)c1C.[Br-].[Br-]. The minimum Gasteiger partial charge on any atom is -1.00 e. The third kappa shape index (κ3) is 8.74. The van der Waals surface area contributed by atoms with Gasteiger partial charge in [-0.3, -0.25) is 0 Å². The summed E-state index contributed by atoms with van der Waals surface area (Å²) >= 11 is -1.58. The first kappa shape index (κ1) is 32.2. The van der Waals surface area contributed by atoms with Crippen molar-refractivity contribution < 1.29 is 67.4 Å². The third-order valence-corrected chi connectivity index (χ3v) is 7.97. The molecule has 180 valence electrons. The van der Waals surface area contributed by atoms with Crippen molar-refractivity contribution in [3.8, 4) is 0 Å². The van der Waals surface area contributed by atoms with E-state index in [0.29, 0.717) is 11.1 Å². The van der Waals surface area contributed by atoms with Crippen molar-refractivity contribution in [1.29, 1.82) is 0 Å². The smallest absolute Gasteiger partial charge is 1.00 e. The number of hydrogen-bond acceptors (Lipinski definition) is 2. The summed E-state index contributed by atoms with van der Waals surface area (Å²) in [6.07, 6.45) is 6.73. The van der Waals surface area contributed by atoms with Crippen LogP contribution < -0.4 is 40.5 Å². The zero-order valence-corrected chi connectivity index (χ0v) is 26.3. The first-order valence-corrected chi connectivity index (χ1v) is 13.8. The number of rotatable bonds is 10. The van der Waals surface area contributed by atoms with Gasteiger partial charge in [0.05, 0.1) is 0 Å². The van der Waals surface area contributed by atoms with Crippen LogP contribution in [0.25, 0.3) is 0 Å². The first-order chi connectivity index (χ1) is 14.8. The second-order valence-corrected chi connectivity index (χ2v) is 10.1. The fourth-order valence-corrected chi connectivity index (χ4v) is 5.17. The average molecular weight is 660 g/mol. The molecular formula is C26H36Br2N2O2Zr. The maximum Gasteiger partial charge on any atom is -1.00 e. The summed E-state index contributed by atoms with van der Waals surface area (Å²) in [5.41, 5.74) is 8.52. The second kappa shape index (κ2) is 16.0. The molecule has 0 unspecified atom stereocenters. The van der Waals surface area contributed by atoms with E-state index in [1.54, 1.807) is 0 Å². The summed E-state index contributed by atoms with van der Waals surface area (Å²) in [5, 5.41) is 0. The Morgan fingerprint density at radius 3 is 1.36 bits per heavy atom. The monoisotopic (exact) mass is 656 g/mol. The summed E-state index contributed by atoms with van der Waals surface area (Å²) in [6.45, 7) is 12.6. The maximum absolute atomic E-state index is 12.7. The topological polar surface area (TPSA) is 58.2 Å². The van der Waals surface area contributed by atoms with E-state index < -0.39 is 23.8 Å². The molecule has 0 spiro atoms. The van der Waals surface area contributed by atoms with E-state index in [4.69, 9.17) is 0 Å². The van der Waals surface area contributed by atoms with Crippen LogP contribution in [0.5, 0.6) is 0 Å². The van der Waals surface area contributed by atoms with Crippen LogP contribution in [-0.2, 0) is 36.7 Å². The van der Waals surface area contributed by atoms with Crippen LogP contribution in [-0.4, -0.2) is 11.8 Å². The van der Waals surface area contributed by atoms with Crippen LogP contribution in [0.3, 0.4) is 0 Å². The number of hydrogen-bond donors (Lipinski definition) is 2. The molecule has 0 saturated carbocycles. The maximum atomic E-state index is 12.7. The summed E-state index contributed by atoms with van der Waals surface area (Å²) in [7, 11) is 0. The second-order valence-electron chi connectivity index (χ2n) is 8.28. The molecule has 4 nitrogen and oxygen atoms in total. The predicted molar refractivity (Wildman–Crippen MR) is 124 cm³/mol. The van der Waals surface area contributed by atoms with Crippen LogP contribution in [0.2, 0.25) is 0 Å². The molecule has 0 aromatic heterocycles. The van der Waals surface area contributed by atoms with E-state index in [1.807, 2.05) is 26.0 Å². The minimum absolute atomic E-state index is 0. The molecule has 2 N–H and O–H groups in total. The Morgan fingerprint density at radius 2 is 1.03 bits per heavy atom. The van der Waals surface area contributed by atoms with Crippen molar-refractivity contribution in [2.45, 2.75) is 80.1 Å². The van der Waals surface area contributed by atoms with Crippen LogP contribution in [0, 0.1) is 27.7 Å². The standard InChI is InChI=1S/2C13H19NO.2BrH.Zr/c2*1-4-5-6-11-7-8-12(13(14)15)10(3)9(11)2;;;/h2*7-8H,4-6H2,1-3H3,(H2,14,15);2*1H;/q;;;;+4/p-4. The largest absolute Gasteiger partial charge is 1.00 e. The summed E-state index contributed by atoms with van der Waals surface area (Å²) in [6, 6.07) is 7.99. The molecule has 2 aromatic carbocycles. The Labute approximate surface area is 233 Å². The molecule has 0 radical (unpaired) electrons. The number of amides is 2. The predicted octanol–water partition coefficient (Wildman–Crippen LogP) is -0.314. The Morgan fingerprint density at radius 1 is 0.667 bits per heavy atom. The van der Waals surface area contributed by atoms with E-state index >= 15 is 0 Å². The number of carbonyl (C=O) groups is 2. The Hall–Kier alpha value is -0.777. The van der Waals surface area contributed by atoms with E-state index in [9.17, 15) is 9.59 Å². The molecule has 7 heteroatoms. The first-order valence-electron chi connectivity index (χ1n) is 11.4. The van der Waals surface area contributed by atoms with Crippen molar-refractivity contribution in [2.24, 2.45) is 0 Å². The molecule has 2 aromatic rings. The van der Waals surface area contributed by atoms with Gasteiger partial charge < -0.3 is 34.0 Å². The molecule has 0 saturated heterocycles. The van der Waals surface area contributed by atoms with Gasteiger partial charge in [-0.1, -0.05) is 0 Å². The van der Waals surface area contributed by atoms with Gasteiger partial charge in [0.1, 0.15) is 0 Å². The molecule has 0 aliphatic carbocycles. The van der Waals surface area contributed by atoms with Crippen molar-refractivity contribution in [3.05, 3.63) is 68.8 Å². The van der Waals surface area contributed by atoms with Gasteiger partial charge >= 0.3 is 201 Å². The van der Waals surface area contributed by atoms with Crippen molar-refractivity contribution >= 4 is 11.8 Å². The Balaban J connectivity index is 0.00000512. The van der Waals surface area contributed by atoms with Crippen molar-refractivity contribution in [2.75, 3.05) is 0 Å². The normalized spacial score (nSPS) is 9.88. The van der Waals surface area contributed by atoms with Crippen LogP contribution in [0.15, 0.2) is 24.3 Å². The molecule has 33 heavy (non-hydrogen) atoms. The van der Waals surface area contributed by atoms with Gasteiger partial charge in [-0.25, -0.2) is 0 Å². The van der Waals surface area contributed by atoms with E-state index in [1.165, 1.54) is 22.3 Å². The van der Waals surface area contributed by atoms with E-state index in [0.717, 1.165) is 49.7 Å². The van der Waals surface area contributed by atoms with Gasteiger partial charge in [0.2, 0.25) is 0 Å². The molecule has 0 atom stereocenters. The number of halogens is 2. The van der Waals surface area contributed by atoms with Gasteiger partial charge in [0.25, 0.3) is 0 Å². The molecule has 0 bridgehead atoms. The minimum atomic E-state index is -1.58. The third-order valence-electron chi connectivity index (χ3n) is 6.24. The fraction of sp³-hybridized carbons (Fsp3) is 0.462. The van der Waals surface area contributed by atoms with Crippen molar-refractivity contribution in [1.82, 2.24) is 6.52 Å². The van der Waals surface area contributed by atoms with Crippen LogP contribution in [0.1, 0.15) is 93.6 Å². The van der Waals surface area contributed by atoms with Gasteiger partial charge in [-0.05, 0) is 0 Å². The van der Waals surface area contributed by atoms with Gasteiger partial charge in [0.15, 0.2) is 0 Å². The Bertz CT molecular complexity index is 873. The number of nitrogens with one attached hydrogen (secondary N) is 2.